The molecule has 0 aliphatic heterocycles. The Kier molecular flexibility index (Phi) is 5.21. The van der Waals surface area contributed by atoms with Gasteiger partial charge >= 0.3 is 35.5 Å². The quantitative estimate of drug-likeness (QED) is 0.727. The molecule has 0 fully saturated rings. The number of carbonyl (C=O) groups is 1. The second-order valence-corrected chi connectivity index (χ2v) is 2.75. The molecule has 0 bridgehead atoms. The van der Waals surface area contributed by atoms with Crippen molar-refractivity contribution in [2.75, 3.05) is 0 Å². The molecule has 12 heavy (non-hydrogen) atoms. The summed E-state index contributed by atoms with van der Waals surface area (Å²) < 4.78 is 0. The zero-order valence-corrected chi connectivity index (χ0v) is 6.86. The number of carboxylic acids is 1. The van der Waals surface area contributed by atoms with E-state index in [0.29, 0.717) is 5.02 Å². The van der Waals surface area contributed by atoms with E-state index >= 15 is 0 Å². The second-order valence-electron chi connectivity index (χ2n) is 1.93. The zero-order chi connectivity index (χ0) is 8.43. The van der Waals surface area contributed by atoms with Crippen molar-refractivity contribution < 1.29 is 9.90 Å². The van der Waals surface area contributed by atoms with Gasteiger partial charge in [-0.3, -0.25) is 0 Å². The van der Waals surface area contributed by atoms with E-state index in [-0.39, 0.29) is 40.1 Å². The molecule has 0 aromatic heterocycles. The van der Waals surface area contributed by atoms with E-state index in [0.717, 1.165) is 0 Å². The molecule has 5 heteroatoms. The van der Waals surface area contributed by atoms with Crippen molar-refractivity contribution in [2.24, 2.45) is 0 Å². The first-order valence-electron chi connectivity index (χ1n) is 2.79. The summed E-state index contributed by atoms with van der Waals surface area (Å²) in [5, 5.41) is 9.11. The molecule has 0 saturated heterocycles. The molecule has 0 amide bonds. The molecule has 2 nitrogen and oxygen atoms in total. The molecule has 0 unspecified atom stereocenters. The Morgan fingerprint density at radius 1 is 1.25 bits per heavy atom. The number of aromatic carboxylic acids is 1. The van der Waals surface area contributed by atoms with Crippen LogP contribution in [-0.4, -0.2) is 40.6 Å². The first-order chi connectivity index (χ1) is 5.11. The van der Waals surface area contributed by atoms with Crippen LogP contribution in [0.25, 0.3) is 0 Å². The van der Waals surface area contributed by atoms with Crippen LogP contribution in [0.1, 0.15) is 10.4 Å². The van der Waals surface area contributed by atoms with Crippen molar-refractivity contribution in [2.45, 2.75) is 0 Å². The first-order valence-corrected chi connectivity index (χ1v) is 3.55. The average Bonchev–Trinajstić information content (AvgIpc) is 1.94. The molecule has 0 atom stereocenters. The van der Waals surface area contributed by atoms with E-state index in [1.54, 1.807) is 0 Å². The minimum absolute atomic E-state index is 0. The molecule has 0 spiro atoms. The van der Waals surface area contributed by atoms with E-state index in [9.17, 15) is 4.79 Å². The third-order valence-electron chi connectivity index (χ3n) is 1.17. The third-order valence-corrected chi connectivity index (χ3v) is 1.91. The summed E-state index contributed by atoms with van der Waals surface area (Å²) in [5.74, 6) is -1.01. The number of hydrogen-bond donors (Lipinski definition) is 1. The van der Waals surface area contributed by atoms with Gasteiger partial charge in [-0.15, -0.1) is 0 Å². The van der Waals surface area contributed by atoms with Crippen LogP contribution in [0.3, 0.4) is 0 Å². The van der Waals surface area contributed by atoms with Crippen molar-refractivity contribution in [1.29, 1.82) is 0 Å². The number of rotatable bonds is 1. The maximum absolute atomic E-state index is 10.4. The maximum atomic E-state index is 10.4. The van der Waals surface area contributed by atoms with Gasteiger partial charge in [-0.1, -0.05) is 23.2 Å². The van der Waals surface area contributed by atoms with Gasteiger partial charge in [0.15, 0.2) is 0 Å². The summed E-state index contributed by atoms with van der Waals surface area (Å²) in [6, 6.07) is 4.16. The summed E-state index contributed by atoms with van der Waals surface area (Å²) in [6.07, 6.45) is 0. The van der Waals surface area contributed by atoms with Crippen LogP contribution in [-0.2, 0) is 0 Å². The number of hydrogen-bond acceptors (Lipinski definition) is 1. The van der Waals surface area contributed by atoms with E-state index in [1.165, 1.54) is 18.2 Å². The van der Waals surface area contributed by atoms with Gasteiger partial charge in [-0.05, 0) is 18.2 Å². The van der Waals surface area contributed by atoms with E-state index in [1.807, 2.05) is 0 Å². The number of carboxylic acid groups (broad SMARTS) is 1. The van der Waals surface area contributed by atoms with Crippen LogP contribution in [0, 0.1) is 0 Å². The zero-order valence-electron chi connectivity index (χ0n) is 5.34. The Hall–Kier alpha value is 0.270. The first kappa shape index (κ1) is 12.3. The molecule has 0 aliphatic carbocycles. The predicted molar refractivity (Wildman–Crippen MR) is 50.6 cm³/mol. The fraction of sp³-hybridized carbons (Fsp3) is 0. The van der Waals surface area contributed by atoms with Gasteiger partial charge < -0.3 is 5.11 Å². The molecule has 1 rings (SSSR count). The molecule has 60 valence electrons. The van der Waals surface area contributed by atoms with Gasteiger partial charge in [0.1, 0.15) is 0 Å². The summed E-state index contributed by atoms with van der Waals surface area (Å²) in [5.41, 5.74) is 0.138. The number of benzene rings is 1. The van der Waals surface area contributed by atoms with Gasteiger partial charge in [0.2, 0.25) is 0 Å². The van der Waals surface area contributed by atoms with Gasteiger partial charge in [0, 0.05) is 0 Å². The molecule has 0 heterocycles. The van der Waals surface area contributed by atoms with Crippen molar-refractivity contribution in [3.63, 3.8) is 0 Å². The van der Waals surface area contributed by atoms with Crippen LogP contribution in [0.15, 0.2) is 18.2 Å². The SMILES string of the molecule is O=C(O)c1ccc(Cl)c(Cl)c1.[NaH]. The molecular formula is C7H5Cl2NaO2. The molecule has 1 aromatic rings. The Balaban J connectivity index is 0.00000121. The number of halogens is 2. The summed E-state index contributed by atoms with van der Waals surface area (Å²) >= 11 is 11.1. The summed E-state index contributed by atoms with van der Waals surface area (Å²) in [4.78, 5) is 10.4. The predicted octanol–water partition coefficient (Wildman–Crippen LogP) is 2.04. The third kappa shape index (κ3) is 2.96. The molecule has 1 N–H and O–H groups in total. The van der Waals surface area contributed by atoms with Gasteiger partial charge in [-0.25, -0.2) is 4.79 Å². The Morgan fingerprint density at radius 3 is 2.25 bits per heavy atom. The van der Waals surface area contributed by atoms with Gasteiger partial charge in [-0.2, -0.15) is 0 Å². The molecule has 0 saturated carbocycles. The van der Waals surface area contributed by atoms with E-state index in [2.05, 4.69) is 0 Å². The van der Waals surface area contributed by atoms with Crippen LogP contribution in [0.4, 0.5) is 0 Å². The fourth-order valence-electron chi connectivity index (χ4n) is 0.629. The van der Waals surface area contributed by atoms with Crippen molar-refractivity contribution in [1.82, 2.24) is 0 Å². The van der Waals surface area contributed by atoms with Crippen molar-refractivity contribution >= 4 is 58.7 Å². The van der Waals surface area contributed by atoms with Crippen LogP contribution >= 0.6 is 23.2 Å². The van der Waals surface area contributed by atoms with Crippen LogP contribution < -0.4 is 0 Å². The second kappa shape index (κ2) is 5.10. The van der Waals surface area contributed by atoms with Crippen molar-refractivity contribution in [3.8, 4) is 0 Å². The van der Waals surface area contributed by atoms with Crippen LogP contribution in [0.5, 0.6) is 0 Å². The Labute approximate surface area is 102 Å². The van der Waals surface area contributed by atoms with Crippen LogP contribution in [0.2, 0.25) is 10.0 Å². The minimum atomic E-state index is -1.01. The normalized spacial score (nSPS) is 8.83. The monoisotopic (exact) mass is 214 g/mol. The van der Waals surface area contributed by atoms with E-state index in [4.69, 9.17) is 28.3 Å². The average molecular weight is 215 g/mol. The van der Waals surface area contributed by atoms with Gasteiger partial charge in [0.25, 0.3) is 0 Å². The van der Waals surface area contributed by atoms with Crippen molar-refractivity contribution in [3.05, 3.63) is 33.8 Å². The standard InChI is InChI=1S/C7H4Cl2O2.Na.H/c8-5-2-1-4(7(10)11)3-6(5)9;;/h1-3H,(H,10,11);;. The summed E-state index contributed by atoms with van der Waals surface area (Å²) in [7, 11) is 0. The molecule has 0 aliphatic rings. The van der Waals surface area contributed by atoms with Gasteiger partial charge in [0.05, 0.1) is 15.6 Å². The Bertz CT molecular complexity index is 301. The van der Waals surface area contributed by atoms with E-state index < -0.39 is 5.97 Å². The molecule has 1 aromatic carbocycles. The topological polar surface area (TPSA) is 37.3 Å². The summed E-state index contributed by atoms with van der Waals surface area (Å²) in [6.45, 7) is 0. The molecule has 0 radical (unpaired) electrons. The molecular weight excluding hydrogens is 210 g/mol. The fourth-order valence-corrected chi connectivity index (χ4v) is 0.927. The Morgan fingerprint density at radius 2 is 1.83 bits per heavy atom.